The molecule has 0 unspecified atom stereocenters. The molecule has 0 aromatic heterocycles. The predicted octanol–water partition coefficient (Wildman–Crippen LogP) is 2.46. The third-order valence-corrected chi connectivity index (χ3v) is 7.53. The van der Waals surface area contributed by atoms with Crippen LogP contribution in [0.4, 0.5) is 5.69 Å². The number of nitrogens with zero attached hydrogens (tertiary/aromatic N) is 2. The van der Waals surface area contributed by atoms with Gasteiger partial charge in [-0.05, 0) is 30.7 Å². The summed E-state index contributed by atoms with van der Waals surface area (Å²) in [5.41, 5.74) is 0.263. The summed E-state index contributed by atoms with van der Waals surface area (Å²) in [5, 5.41) is 1.38. The summed E-state index contributed by atoms with van der Waals surface area (Å²) in [7, 11) is -2.17. The number of benzene rings is 2. The summed E-state index contributed by atoms with van der Waals surface area (Å²) in [6.07, 6.45) is -0.103. The Balaban J connectivity index is 1.75. The van der Waals surface area contributed by atoms with Gasteiger partial charge >= 0.3 is 5.97 Å². The van der Waals surface area contributed by atoms with Gasteiger partial charge in [-0.1, -0.05) is 36.4 Å². The number of hydrogen-bond donors (Lipinski definition) is 0. The predicted molar refractivity (Wildman–Crippen MR) is 113 cm³/mol. The van der Waals surface area contributed by atoms with E-state index in [2.05, 4.69) is 0 Å². The fourth-order valence-electron chi connectivity index (χ4n) is 4.12. The maximum absolute atomic E-state index is 13.3. The van der Waals surface area contributed by atoms with Crippen molar-refractivity contribution < 1.29 is 27.6 Å². The Hall–Kier alpha value is -2.75. The average molecular weight is 445 g/mol. The zero-order valence-corrected chi connectivity index (χ0v) is 18.1. The first-order chi connectivity index (χ1) is 14.8. The van der Waals surface area contributed by atoms with Gasteiger partial charge in [0.15, 0.2) is 5.44 Å². The largest absolute Gasteiger partial charge is 0.466 e. The smallest absolute Gasteiger partial charge is 0.308 e. The number of sulfone groups is 1. The Labute approximate surface area is 181 Å². The average Bonchev–Trinajstić information content (AvgIpc) is 3.20. The lowest BCUT2D eigenvalue weighted by Gasteiger charge is -2.28. The number of para-hydroxylation sites is 1. The van der Waals surface area contributed by atoms with E-state index in [1.165, 1.54) is 22.1 Å². The molecule has 0 radical (unpaired) electrons. The fraction of sp³-hybridized carbons (Fsp3) is 0.364. The van der Waals surface area contributed by atoms with Crippen LogP contribution in [0.2, 0.25) is 0 Å². The lowest BCUT2D eigenvalue weighted by molar-refractivity contribution is -0.185. The number of hydrogen-bond acceptors (Lipinski definition) is 7. The van der Waals surface area contributed by atoms with Gasteiger partial charge in [0.2, 0.25) is 15.7 Å². The van der Waals surface area contributed by atoms with Crippen LogP contribution in [0.1, 0.15) is 31.4 Å². The molecule has 164 valence electrons. The van der Waals surface area contributed by atoms with Crippen LogP contribution in [0.25, 0.3) is 0 Å². The van der Waals surface area contributed by atoms with Crippen LogP contribution in [0.3, 0.4) is 0 Å². The third kappa shape index (κ3) is 3.84. The molecule has 2 aromatic rings. The van der Waals surface area contributed by atoms with Gasteiger partial charge in [0.1, 0.15) is 6.04 Å². The number of fused-ring (bicyclic) bond motifs is 3. The zero-order chi connectivity index (χ0) is 22.2. The van der Waals surface area contributed by atoms with Gasteiger partial charge in [-0.2, -0.15) is 5.06 Å². The van der Waals surface area contributed by atoms with Crippen LogP contribution in [0.15, 0.2) is 59.5 Å². The van der Waals surface area contributed by atoms with Crippen molar-refractivity contribution in [3.63, 3.8) is 0 Å². The number of ether oxygens (including phenoxy) is 1. The summed E-state index contributed by atoms with van der Waals surface area (Å²) in [6, 6.07) is 13.9. The molecule has 31 heavy (non-hydrogen) atoms. The van der Waals surface area contributed by atoms with Crippen molar-refractivity contribution in [3.05, 3.63) is 60.2 Å². The second kappa shape index (κ2) is 8.41. The van der Waals surface area contributed by atoms with Crippen LogP contribution in [-0.2, 0) is 29.0 Å². The van der Waals surface area contributed by atoms with Gasteiger partial charge in [0, 0.05) is 19.2 Å². The molecule has 2 aliphatic rings. The molecule has 0 N–H and O–H groups in total. The van der Waals surface area contributed by atoms with Gasteiger partial charge in [-0.3, -0.25) is 14.4 Å². The van der Waals surface area contributed by atoms with E-state index < -0.39 is 33.3 Å². The molecule has 0 saturated carbocycles. The Bertz CT molecular complexity index is 1090. The summed E-state index contributed by atoms with van der Waals surface area (Å²) < 4.78 is 31.5. The Morgan fingerprint density at radius 1 is 1.13 bits per heavy atom. The molecule has 0 bridgehead atoms. The lowest BCUT2D eigenvalue weighted by atomic mass is 10.0. The molecule has 2 heterocycles. The van der Waals surface area contributed by atoms with Crippen molar-refractivity contribution >= 4 is 27.4 Å². The summed E-state index contributed by atoms with van der Waals surface area (Å²) in [6.45, 7) is 1.87. The molecule has 2 aromatic carbocycles. The third-order valence-electron chi connectivity index (χ3n) is 5.63. The molecule has 1 fully saturated rings. The molecule has 4 rings (SSSR count). The number of carbonyl (C=O) groups excluding carboxylic acids is 2. The SMILES string of the molecule is CCOC(=O)C[C@@H]1C(=O)N(C)c2ccccc2[C@@H]2C[C@@H](S(=O)(=O)c3ccccc3)ON12. The second-order valence-electron chi connectivity index (χ2n) is 7.49. The van der Waals surface area contributed by atoms with Crippen LogP contribution in [0, 0.1) is 0 Å². The van der Waals surface area contributed by atoms with Crippen LogP contribution < -0.4 is 4.90 Å². The standard InChI is InChI=1S/C22H24N2O6S/c1-3-29-20(25)13-19-22(26)23(2)17-12-8-7-11-16(17)18-14-21(30-24(18)19)31(27,28)15-9-5-4-6-10-15/h4-12,18-19,21H,3,13-14H2,1-2H3/t18-,19+,21+/m0/s1. The highest BCUT2D eigenvalue weighted by atomic mass is 32.2. The van der Waals surface area contributed by atoms with Crippen molar-refractivity contribution in [2.75, 3.05) is 18.6 Å². The van der Waals surface area contributed by atoms with Crippen LogP contribution >= 0.6 is 0 Å². The highest BCUT2D eigenvalue weighted by molar-refractivity contribution is 7.92. The Morgan fingerprint density at radius 3 is 2.52 bits per heavy atom. The number of likely N-dealkylation sites (N-methyl/N-ethyl adjacent to an activating group) is 1. The topological polar surface area (TPSA) is 93.2 Å². The van der Waals surface area contributed by atoms with Gasteiger partial charge < -0.3 is 9.64 Å². The van der Waals surface area contributed by atoms with E-state index >= 15 is 0 Å². The number of esters is 1. The molecule has 3 atom stereocenters. The van der Waals surface area contributed by atoms with Gasteiger partial charge in [0.05, 0.1) is 24.0 Å². The van der Waals surface area contributed by atoms with Gasteiger partial charge in [-0.15, -0.1) is 0 Å². The van der Waals surface area contributed by atoms with E-state index in [1.54, 1.807) is 38.2 Å². The maximum Gasteiger partial charge on any atom is 0.308 e. The molecular formula is C22H24N2O6S. The zero-order valence-electron chi connectivity index (χ0n) is 17.3. The summed E-state index contributed by atoms with van der Waals surface area (Å²) in [5.74, 6) is -0.905. The highest BCUT2D eigenvalue weighted by Crippen LogP contribution is 2.45. The van der Waals surface area contributed by atoms with E-state index in [4.69, 9.17) is 9.57 Å². The number of hydroxylamine groups is 2. The van der Waals surface area contributed by atoms with E-state index in [0.717, 1.165) is 5.56 Å². The molecule has 9 heteroatoms. The molecule has 0 aliphatic carbocycles. The molecule has 1 saturated heterocycles. The first-order valence-corrected chi connectivity index (χ1v) is 11.7. The maximum atomic E-state index is 13.3. The van der Waals surface area contributed by atoms with Gasteiger partial charge in [0.25, 0.3) is 0 Å². The number of rotatable bonds is 5. The van der Waals surface area contributed by atoms with Crippen LogP contribution in [-0.4, -0.2) is 50.5 Å². The molecular weight excluding hydrogens is 420 g/mol. The van der Waals surface area contributed by atoms with Crippen molar-refractivity contribution in [3.8, 4) is 0 Å². The number of anilines is 1. The minimum atomic E-state index is -3.81. The van der Waals surface area contributed by atoms with Gasteiger partial charge in [-0.25, -0.2) is 8.42 Å². The Morgan fingerprint density at radius 2 is 1.81 bits per heavy atom. The Kier molecular flexibility index (Phi) is 5.83. The lowest BCUT2D eigenvalue weighted by Crippen LogP contribution is -2.46. The number of amides is 1. The van der Waals surface area contributed by atoms with E-state index in [0.29, 0.717) is 5.69 Å². The number of carbonyl (C=O) groups is 2. The monoisotopic (exact) mass is 444 g/mol. The minimum Gasteiger partial charge on any atom is -0.466 e. The first-order valence-electron chi connectivity index (χ1n) is 10.1. The van der Waals surface area contributed by atoms with E-state index in [1.807, 2.05) is 18.2 Å². The normalized spacial score (nSPS) is 23.7. The van der Waals surface area contributed by atoms with E-state index in [9.17, 15) is 18.0 Å². The molecule has 2 aliphatic heterocycles. The summed E-state index contributed by atoms with van der Waals surface area (Å²) >= 11 is 0. The quantitative estimate of drug-likeness (QED) is 0.654. The highest BCUT2D eigenvalue weighted by Gasteiger charge is 2.50. The summed E-state index contributed by atoms with van der Waals surface area (Å²) in [4.78, 5) is 33.1. The molecule has 0 spiro atoms. The molecule has 1 amide bonds. The van der Waals surface area contributed by atoms with Crippen molar-refractivity contribution in [1.29, 1.82) is 0 Å². The minimum absolute atomic E-state index is 0.134. The van der Waals surface area contributed by atoms with Crippen LogP contribution in [0.5, 0.6) is 0 Å². The fourth-order valence-corrected chi connectivity index (χ4v) is 5.61. The molecule has 8 nitrogen and oxygen atoms in total. The second-order valence-corrected chi connectivity index (χ2v) is 9.57. The first kappa shape index (κ1) is 21.5. The van der Waals surface area contributed by atoms with Crippen molar-refractivity contribution in [2.45, 2.75) is 42.2 Å². The van der Waals surface area contributed by atoms with E-state index in [-0.39, 0.29) is 30.3 Å². The van der Waals surface area contributed by atoms with Crippen molar-refractivity contribution in [2.24, 2.45) is 0 Å². The van der Waals surface area contributed by atoms with Crippen molar-refractivity contribution in [1.82, 2.24) is 5.06 Å².